The first-order valence-electron chi connectivity index (χ1n) is 11.0. The van der Waals surface area contributed by atoms with Crippen LogP contribution in [0.25, 0.3) is 0 Å². The average Bonchev–Trinajstić information content (AvgIpc) is 3.13. The molecule has 0 aliphatic carbocycles. The lowest BCUT2D eigenvalue weighted by molar-refractivity contribution is 0.802. The number of aryl methyl sites for hydroxylation is 4. The van der Waals surface area contributed by atoms with E-state index >= 15 is 0 Å². The Bertz CT molecular complexity index is 1020. The van der Waals surface area contributed by atoms with Gasteiger partial charge in [-0.1, -0.05) is 48.0 Å². The molecule has 1 aliphatic rings. The van der Waals surface area contributed by atoms with Crippen molar-refractivity contribution in [1.29, 1.82) is 0 Å². The number of benzene rings is 2. The predicted molar refractivity (Wildman–Crippen MR) is 126 cm³/mol. The van der Waals surface area contributed by atoms with Crippen LogP contribution < -0.4 is 9.80 Å². The molecular weight excluding hydrogens is 368 g/mol. The number of anilines is 3. The summed E-state index contributed by atoms with van der Waals surface area (Å²) in [7, 11) is 0. The normalized spacial score (nSPS) is 12.9. The first-order chi connectivity index (χ1) is 14.5. The minimum absolute atomic E-state index is 0.815. The monoisotopic (exact) mass is 400 g/mol. The summed E-state index contributed by atoms with van der Waals surface area (Å²) in [5.41, 5.74) is 8.87. The maximum absolute atomic E-state index is 5.10. The van der Waals surface area contributed by atoms with Crippen molar-refractivity contribution in [2.45, 2.75) is 47.5 Å². The zero-order valence-electron chi connectivity index (χ0n) is 18.9. The van der Waals surface area contributed by atoms with Crippen LogP contribution in [0.5, 0.6) is 0 Å². The standard InChI is InChI=1S/C26H32N4/c1-6-30(24-19(3)16-18(2)17-20(24)4)26-27-21(5)23-13-15-29(25(23)28-26)14-12-22-10-8-7-9-11-22/h7-11,16-17H,6,12-15H2,1-5H3. The Morgan fingerprint density at radius 1 is 0.967 bits per heavy atom. The Kier molecular flexibility index (Phi) is 5.76. The molecule has 30 heavy (non-hydrogen) atoms. The highest BCUT2D eigenvalue weighted by Gasteiger charge is 2.26. The van der Waals surface area contributed by atoms with Gasteiger partial charge in [0.2, 0.25) is 5.95 Å². The van der Waals surface area contributed by atoms with Gasteiger partial charge in [-0.25, -0.2) is 4.98 Å². The van der Waals surface area contributed by atoms with E-state index in [9.17, 15) is 0 Å². The van der Waals surface area contributed by atoms with Crippen LogP contribution >= 0.6 is 0 Å². The maximum atomic E-state index is 5.10. The van der Waals surface area contributed by atoms with Gasteiger partial charge in [0.25, 0.3) is 0 Å². The van der Waals surface area contributed by atoms with Gasteiger partial charge in [-0.15, -0.1) is 0 Å². The average molecular weight is 401 g/mol. The van der Waals surface area contributed by atoms with Gasteiger partial charge < -0.3 is 9.80 Å². The number of hydrogen-bond acceptors (Lipinski definition) is 4. The van der Waals surface area contributed by atoms with Crippen LogP contribution in [0.2, 0.25) is 0 Å². The Balaban J connectivity index is 1.67. The first-order valence-corrected chi connectivity index (χ1v) is 11.0. The van der Waals surface area contributed by atoms with Crippen molar-refractivity contribution in [1.82, 2.24) is 9.97 Å². The molecule has 0 radical (unpaired) electrons. The highest BCUT2D eigenvalue weighted by Crippen LogP contribution is 2.34. The molecule has 4 heteroatoms. The van der Waals surface area contributed by atoms with Crippen LogP contribution in [0.15, 0.2) is 42.5 Å². The number of aromatic nitrogens is 2. The van der Waals surface area contributed by atoms with Gasteiger partial charge in [0.15, 0.2) is 0 Å². The lowest BCUT2D eigenvalue weighted by atomic mass is 10.0. The Morgan fingerprint density at radius 3 is 2.33 bits per heavy atom. The number of hydrogen-bond donors (Lipinski definition) is 0. The van der Waals surface area contributed by atoms with Crippen molar-refractivity contribution in [3.63, 3.8) is 0 Å². The van der Waals surface area contributed by atoms with Crippen LogP contribution in [0.1, 0.15) is 40.4 Å². The minimum atomic E-state index is 0.815. The highest BCUT2D eigenvalue weighted by atomic mass is 15.3. The van der Waals surface area contributed by atoms with Crippen LogP contribution in [-0.4, -0.2) is 29.6 Å². The maximum Gasteiger partial charge on any atom is 0.232 e. The van der Waals surface area contributed by atoms with Gasteiger partial charge >= 0.3 is 0 Å². The van der Waals surface area contributed by atoms with Gasteiger partial charge in [0.1, 0.15) is 5.82 Å². The second-order valence-electron chi connectivity index (χ2n) is 8.38. The molecule has 1 aromatic heterocycles. The van der Waals surface area contributed by atoms with Gasteiger partial charge in [-0.3, -0.25) is 0 Å². The Hall–Kier alpha value is -2.88. The van der Waals surface area contributed by atoms with E-state index in [1.54, 1.807) is 0 Å². The molecule has 1 aliphatic heterocycles. The van der Waals surface area contributed by atoms with E-state index in [0.717, 1.165) is 49.9 Å². The van der Waals surface area contributed by atoms with Gasteiger partial charge in [-0.05, 0) is 64.2 Å². The third-order valence-electron chi connectivity index (χ3n) is 6.09. The molecule has 4 rings (SSSR count). The van der Waals surface area contributed by atoms with Crippen LogP contribution in [0.3, 0.4) is 0 Å². The topological polar surface area (TPSA) is 32.3 Å². The van der Waals surface area contributed by atoms with Crippen LogP contribution in [-0.2, 0) is 12.8 Å². The number of rotatable bonds is 6. The van der Waals surface area contributed by atoms with E-state index in [1.165, 1.54) is 33.5 Å². The number of nitrogens with zero attached hydrogens (tertiary/aromatic N) is 4. The van der Waals surface area contributed by atoms with E-state index in [-0.39, 0.29) is 0 Å². The molecule has 2 aromatic carbocycles. The molecule has 0 bridgehead atoms. The summed E-state index contributed by atoms with van der Waals surface area (Å²) in [4.78, 5) is 14.7. The molecule has 0 atom stereocenters. The van der Waals surface area contributed by atoms with E-state index < -0.39 is 0 Å². The highest BCUT2D eigenvalue weighted by molar-refractivity contribution is 5.68. The summed E-state index contributed by atoms with van der Waals surface area (Å²) in [5.74, 6) is 1.93. The van der Waals surface area contributed by atoms with Gasteiger partial charge in [0.05, 0.1) is 0 Å². The first kappa shape index (κ1) is 20.4. The van der Waals surface area contributed by atoms with Crippen LogP contribution in [0.4, 0.5) is 17.5 Å². The Labute approximate surface area is 180 Å². The van der Waals surface area contributed by atoms with Gasteiger partial charge in [0, 0.05) is 36.6 Å². The summed E-state index contributed by atoms with van der Waals surface area (Å²) in [6, 6.07) is 15.2. The molecule has 156 valence electrons. The largest absolute Gasteiger partial charge is 0.356 e. The molecule has 0 N–H and O–H groups in total. The third kappa shape index (κ3) is 3.91. The summed E-state index contributed by atoms with van der Waals surface area (Å²) in [6.45, 7) is 13.7. The quantitative estimate of drug-likeness (QED) is 0.549. The van der Waals surface area contributed by atoms with Crippen LogP contribution in [0, 0.1) is 27.7 Å². The molecular formula is C26H32N4. The lowest BCUT2D eigenvalue weighted by Gasteiger charge is -2.27. The summed E-state index contributed by atoms with van der Waals surface area (Å²) < 4.78 is 0. The van der Waals surface area contributed by atoms with Crippen molar-refractivity contribution >= 4 is 17.5 Å². The van der Waals surface area contributed by atoms with E-state index in [4.69, 9.17) is 9.97 Å². The third-order valence-corrected chi connectivity index (χ3v) is 6.09. The summed E-state index contributed by atoms with van der Waals surface area (Å²) in [5, 5.41) is 0. The second-order valence-corrected chi connectivity index (χ2v) is 8.38. The SMILES string of the molecule is CCN(c1nc(C)c2c(n1)N(CCc1ccccc1)CC2)c1c(C)cc(C)cc1C. The zero-order chi connectivity index (χ0) is 21.3. The molecule has 0 fully saturated rings. The van der Waals surface area contributed by atoms with Crippen molar-refractivity contribution in [2.24, 2.45) is 0 Å². The van der Waals surface area contributed by atoms with E-state index in [2.05, 4.69) is 86.9 Å². The van der Waals surface area contributed by atoms with Crippen molar-refractivity contribution < 1.29 is 0 Å². The van der Waals surface area contributed by atoms with Gasteiger partial charge in [-0.2, -0.15) is 4.98 Å². The smallest absolute Gasteiger partial charge is 0.232 e. The fraction of sp³-hybridized carbons (Fsp3) is 0.385. The Morgan fingerprint density at radius 2 is 1.67 bits per heavy atom. The summed E-state index contributed by atoms with van der Waals surface area (Å²) in [6.07, 6.45) is 2.07. The fourth-order valence-corrected chi connectivity index (χ4v) is 4.72. The molecule has 0 unspecified atom stereocenters. The van der Waals surface area contributed by atoms with Crippen molar-refractivity contribution in [2.75, 3.05) is 29.4 Å². The zero-order valence-corrected chi connectivity index (χ0v) is 18.9. The molecule has 0 saturated carbocycles. The minimum Gasteiger partial charge on any atom is -0.356 e. The molecule has 2 heterocycles. The van der Waals surface area contributed by atoms with Crippen molar-refractivity contribution in [3.05, 3.63) is 76.0 Å². The molecule has 0 spiro atoms. The fourth-order valence-electron chi connectivity index (χ4n) is 4.72. The van der Waals surface area contributed by atoms with E-state index in [1.807, 2.05) is 0 Å². The summed E-state index contributed by atoms with van der Waals surface area (Å²) >= 11 is 0. The molecule has 4 nitrogen and oxygen atoms in total. The van der Waals surface area contributed by atoms with E-state index in [0.29, 0.717) is 0 Å². The van der Waals surface area contributed by atoms with Crippen molar-refractivity contribution in [3.8, 4) is 0 Å². The lowest BCUT2D eigenvalue weighted by Crippen LogP contribution is -2.26. The molecule has 3 aromatic rings. The second kappa shape index (κ2) is 8.47. The number of fused-ring (bicyclic) bond motifs is 1. The molecule has 0 amide bonds. The molecule has 0 saturated heterocycles. The predicted octanol–water partition coefficient (Wildman–Crippen LogP) is 5.47.